The topological polar surface area (TPSA) is 12.9 Å². The second-order valence-electron chi connectivity index (χ2n) is 5.42. The lowest BCUT2D eigenvalue weighted by atomic mass is 10.0. The Morgan fingerprint density at radius 1 is 1.16 bits per heavy atom. The lowest BCUT2D eigenvalue weighted by Gasteiger charge is -2.08. The highest BCUT2D eigenvalue weighted by Crippen LogP contribution is 2.34. The molecule has 2 aromatic rings. The van der Waals surface area contributed by atoms with Gasteiger partial charge in [0.1, 0.15) is 0 Å². The SMILES string of the molecule is Cc1ccc(-c2cc3c(c(F)c2F)CC(C)C3)nc1. The molecule has 0 spiro atoms. The fourth-order valence-corrected chi connectivity index (χ4v) is 2.73. The second kappa shape index (κ2) is 4.41. The standard InChI is InChI=1S/C16H15F2N/c1-9-3-4-14(19-8-9)13-7-11-5-10(2)6-12(11)15(17)16(13)18/h3-4,7-8,10H,5-6H2,1-2H3. The molecule has 1 aromatic carbocycles. The molecule has 0 N–H and O–H groups in total. The van der Waals surface area contributed by atoms with Crippen molar-refractivity contribution < 1.29 is 8.78 Å². The number of pyridine rings is 1. The number of aryl methyl sites for hydroxylation is 1. The summed E-state index contributed by atoms with van der Waals surface area (Å²) < 4.78 is 28.3. The predicted molar refractivity (Wildman–Crippen MR) is 70.9 cm³/mol. The van der Waals surface area contributed by atoms with E-state index in [9.17, 15) is 8.78 Å². The van der Waals surface area contributed by atoms with Gasteiger partial charge in [-0.3, -0.25) is 4.98 Å². The zero-order chi connectivity index (χ0) is 13.6. The van der Waals surface area contributed by atoms with Gasteiger partial charge in [0.25, 0.3) is 0 Å². The molecule has 98 valence electrons. The summed E-state index contributed by atoms with van der Waals surface area (Å²) in [5, 5.41) is 0. The first-order valence-electron chi connectivity index (χ1n) is 6.49. The molecule has 1 aromatic heterocycles. The van der Waals surface area contributed by atoms with Crippen LogP contribution in [0.1, 0.15) is 23.6 Å². The number of nitrogens with zero attached hydrogens (tertiary/aromatic N) is 1. The molecule has 3 rings (SSSR count). The number of hydrogen-bond acceptors (Lipinski definition) is 1. The predicted octanol–water partition coefficient (Wildman–Crippen LogP) is 4.07. The lowest BCUT2D eigenvalue weighted by molar-refractivity contribution is 0.498. The second-order valence-corrected chi connectivity index (χ2v) is 5.42. The lowest BCUT2D eigenvalue weighted by Crippen LogP contribution is -1.98. The molecule has 0 radical (unpaired) electrons. The highest BCUT2D eigenvalue weighted by atomic mass is 19.2. The van der Waals surface area contributed by atoms with Crippen LogP contribution in [0.2, 0.25) is 0 Å². The summed E-state index contributed by atoms with van der Waals surface area (Å²) in [5.74, 6) is -1.09. The molecule has 1 atom stereocenters. The van der Waals surface area contributed by atoms with Crippen LogP contribution in [0.15, 0.2) is 24.4 Å². The van der Waals surface area contributed by atoms with Crippen LogP contribution in [0, 0.1) is 24.5 Å². The van der Waals surface area contributed by atoms with Crippen LogP contribution in [0.3, 0.4) is 0 Å². The average Bonchev–Trinajstić information content (AvgIpc) is 2.76. The maximum Gasteiger partial charge on any atom is 0.168 e. The van der Waals surface area contributed by atoms with Gasteiger partial charge in [-0.15, -0.1) is 0 Å². The van der Waals surface area contributed by atoms with Gasteiger partial charge in [-0.2, -0.15) is 0 Å². The maximum atomic E-state index is 14.2. The Labute approximate surface area is 111 Å². The van der Waals surface area contributed by atoms with E-state index in [1.807, 2.05) is 13.0 Å². The smallest absolute Gasteiger partial charge is 0.168 e. The number of rotatable bonds is 1. The summed E-state index contributed by atoms with van der Waals surface area (Å²) in [7, 11) is 0. The van der Waals surface area contributed by atoms with Crippen molar-refractivity contribution in [2.24, 2.45) is 5.92 Å². The van der Waals surface area contributed by atoms with Gasteiger partial charge in [0.2, 0.25) is 0 Å². The molecule has 1 heterocycles. The van der Waals surface area contributed by atoms with Gasteiger partial charge in [-0.25, -0.2) is 8.78 Å². The summed E-state index contributed by atoms with van der Waals surface area (Å²) in [4.78, 5) is 4.19. The van der Waals surface area contributed by atoms with Gasteiger partial charge in [-0.05, 0) is 54.5 Å². The number of fused-ring (bicyclic) bond motifs is 1. The zero-order valence-electron chi connectivity index (χ0n) is 11.0. The summed E-state index contributed by atoms with van der Waals surface area (Å²) in [6.07, 6.45) is 3.10. The van der Waals surface area contributed by atoms with E-state index in [2.05, 4.69) is 11.9 Å². The van der Waals surface area contributed by atoms with Crippen LogP contribution < -0.4 is 0 Å². The van der Waals surface area contributed by atoms with Crippen molar-refractivity contribution in [3.8, 4) is 11.3 Å². The minimum atomic E-state index is -0.774. The Balaban J connectivity index is 2.16. The van der Waals surface area contributed by atoms with Crippen LogP contribution in [-0.4, -0.2) is 4.98 Å². The molecule has 1 aliphatic rings. The molecule has 1 nitrogen and oxygen atoms in total. The van der Waals surface area contributed by atoms with E-state index in [4.69, 9.17) is 0 Å². The largest absolute Gasteiger partial charge is 0.256 e. The zero-order valence-corrected chi connectivity index (χ0v) is 11.0. The van der Waals surface area contributed by atoms with Gasteiger partial charge in [0, 0.05) is 11.8 Å². The van der Waals surface area contributed by atoms with Crippen molar-refractivity contribution in [1.82, 2.24) is 4.98 Å². The molecular formula is C16H15F2N. The highest BCUT2D eigenvalue weighted by Gasteiger charge is 2.26. The number of benzene rings is 1. The van der Waals surface area contributed by atoms with Gasteiger partial charge >= 0.3 is 0 Å². The molecular weight excluding hydrogens is 244 g/mol. The molecule has 0 saturated carbocycles. The average molecular weight is 259 g/mol. The van der Waals surface area contributed by atoms with E-state index in [0.29, 0.717) is 23.6 Å². The van der Waals surface area contributed by atoms with Crippen molar-refractivity contribution in [1.29, 1.82) is 0 Å². The molecule has 0 bridgehead atoms. The molecule has 0 saturated heterocycles. The first kappa shape index (κ1) is 12.3. The van der Waals surface area contributed by atoms with Gasteiger partial charge < -0.3 is 0 Å². The summed E-state index contributed by atoms with van der Waals surface area (Å²) >= 11 is 0. The minimum absolute atomic E-state index is 0.269. The first-order chi connectivity index (χ1) is 9.06. The Kier molecular flexibility index (Phi) is 2.85. The van der Waals surface area contributed by atoms with Crippen molar-refractivity contribution in [3.63, 3.8) is 0 Å². The molecule has 19 heavy (non-hydrogen) atoms. The van der Waals surface area contributed by atoms with Crippen molar-refractivity contribution in [3.05, 3.63) is 52.7 Å². The van der Waals surface area contributed by atoms with E-state index in [0.717, 1.165) is 17.5 Å². The first-order valence-corrected chi connectivity index (χ1v) is 6.49. The normalized spacial score (nSPS) is 17.6. The van der Waals surface area contributed by atoms with Crippen molar-refractivity contribution in [2.75, 3.05) is 0 Å². The van der Waals surface area contributed by atoms with Gasteiger partial charge in [-0.1, -0.05) is 13.0 Å². The third kappa shape index (κ3) is 2.03. The van der Waals surface area contributed by atoms with E-state index < -0.39 is 11.6 Å². The molecule has 0 fully saturated rings. The van der Waals surface area contributed by atoms with E-state index >= 15 is 0 Å². The Morgan fingerprint density at radius 2 is 1.95 bits per heavy atom. The van der Waals surface area contributed by atoms with Crippen molar-refractivity contribution >= 4 is 0 Å². The van der Waals surface area contributed by atoms with Gasteiger partial charge in [0.05, 0.1) is 5.69 Å². The monoisotopic (exact) mass is 259 g/mol. The number of hydrogen-bond donors (Lipinski definition) is 0. The molecule has 0 aliphatic heterocycles. The number of halogens is 2. The molecule has 3 heteroatoms. The summed E-state index contributed by atoms with van der Waals surface area (Å²) in [6, 6.07) is 5.35. The fourth-order valence-electron chi connectivity index (χ4n) is 2.73. The maximum absolute atomic E-state index is 14.2. The van der Waals surface area contributed by atoms with E-state index in [1.165, 1.54) is 0 Å². The van der Waals surface area contributed by atoms with E-state index in [-0.39, 0.29) is 5.56 Å². The van der Waals surface area contributed by atoms with Gasteiger partial charge in [0.15, 0.2) is 11.6 Å². The molecule has 1 aliphatic carbocycles. The summed E-state index contributed by atoms with van der Waals surface area (Å²) in [6.45, 7) is 3.97. The fraction of sp³-hybridized carbons (Fsp3) is 0.312. The molecule has 0 amide bonds. The van der Waals surface area contributed by atoms with E-state index in [1.54, 1.807) is 18.3 Å². The number of aromatic nitrogens is 1. The van der Waals surface area contributed by atoms with Crippen LogP contribution in [0.5, 0.6) is 0 Å². The summed E-state index contributed by atoms with van der Waals surface area (Å²) in [5.41, 5.74) is 3.22. The minimum Gasteiger partial charge on any atom is -0.256 e. The van der Waals surface area contributed by atoms with Crippen molar-refractivity contribution in [2.45, 2.75) is 26.7 Å². The quantitative estimate of drug-likeness (QED) is 0.752. The highest BCUT2D eigenvalue weighted by molar-refractivity contribution is 5.63. The Bertz CT molecular complexity index is 632. The van der Waals surface area contributed by atoms with Crippen LogP contribution in [-0.2, 0) is 12.8 Å². The Hall–Kier alpha value is -1.77. The molecule has 1 unspecified atom stereocenters. The van der Waals surface area contributed by atoms with Crippen LogP contribution >= 0.6 is 0 Å². The Morgan fingerprint density at radius 3 is 2.63 bits per heavy atom. The van der Waals surface area contributed by atoms with Crippen LogP contribution in [0.4, 0.5) is 8.78 Å². The third-order valence-corrected chi connectivity index (χ3v) is 3.71. The third-order valence-electron chi connectivity index (χ3n) is 3.71. The van der Waals surface area contributed by atoms with Crippen LogP contribution in [0.25, 0.3) is 11.3 Å².